The van der Waals surface area contributed by atoms with E-state index in [1.54, 1.807) is 46.2 Å². The zero-order valence-corrected chi connectivity index (χ0v) is 24.6. The lowest BCUT2D eigenvalue weighted by Gasteiger charge is -2.27. The summed E-state index contributed by atoms with van der Waals surface area (Å²) in [6.07, 6.45) is -0.798. The molecule has 0 saturated carbocycles. The number of pyridine rings is 1. The Morgan fingerprint density at radius 3 is 2.34 bits per heavy atom. The van der Waals surface area contributed by atoms with E-state index in [4.69, 9.17) is 18.9 Å². The van der Waals surface area contributed by atoms with E-state index < -0.39 is 32.0 Å². The second kappa shape index (κ2) is 13.2. The van der Waals surface area contributed by atoms with Crippen LogP contribution in [0.25, 0.3) is 21.9 Å². The van der Waals surface area contributed by atoms with Gasteiger partial charge in [0, 0.05) is 29.9 Å². The van der Waals surface area contributed by atoms with Gasteiger partial charge >= 0.3 is 12.1 Å². The van der Waals surface area contributed by atoms with E-state index in [2.05, 4.69) is 19.7 Å². The van der Waals surface area contributed by atoms with Crippen LogP contribution in [0.4, 0.5) is 4.79 Å². The van der Waals surface area contributed by atoms with Crippen molar-refractivity contribution in [1.29, 1.82) is 0 Å². The number of nitrogens with zero attached hydrogens (tertiary/aromatic N) is 2. The molecule has 2 aromatic carbocycles. The van der Waals surface area contributed by atoms with E-state index in [1.165, 1.54) is 6.92 Å². The van der Waals surface area contributed by atoms with Crippen molar-refractivity contribution in [3.05, 3.63) is 66.4 Å². The van der Waals surface area contributed by atoms with Crippen LogP contribution in [-0.2, 0) is 30.1 Å². The van der Waals surface area contributed by atoms with Crippen LogP contribution < -0.4 is 20.2 Å². The van der Waals surface area contributed by atoms with Gasteiger partial charge in [-0.3, -0.25) is 14.3 Å². The van der Waals surface area contributed by atoms with Crippen LogP contribution in [0.1, 0.15) is 39.7 Å². The monoisotopic (exact) mass is 582 g/mol. The summed E-state index contributed by atoms with van der Waals surface area (Å²) in [5.41, 5.74) is 3.82. The topological polar surface area (TPSA) is 130 Å². The van der Waals surface area contributed by atoms with Crippen LogP contribution in [0, 0.1) is 0 Å². The quantitative estimate of drug-likeness (QED) is 0.133. The van der Waals surface area contributed by atoms with Crippen LogP contribution >= 0.6 is 7.44 Å². The van der Waals surface area contributed by atoms with Crippen molar-refractivity contribution in [2.24, 2.45) is 0 Å². The second-order valence-electron chi connectivity index (χ2n) is 9.30. The van der Waals surface area contributed by atoms with E-state index in [9.17, 15) is 14.2 Å². The Balaban J connectivity index is 1.63. The Hall–Kier alpha value is -3.92. The molecule has 2 N–H and O–H groups in total. The molecule has 2 heterocycles. The van der Waals surface area contributed by atoms with E-state index in [-0.39, 0.29) is 13.0 Å². The summed E-state index contributed by atoms with van der Waals surface area (Å²) < 4.78 is 37.1. The molecular weight excluding hydrogens is 547 g/mol. The lowest BCUT2D eigenvalue weighted by molar-refractivity contribution is -0.148. The molecule has 41 heavy (non-hydrogen) atoms. The van der Waals surface area contributed by atoms with Gasteiger partial charge in [-0.05, 0) is 68.8 Å². The molecule has 0 radical (unpaired) electrons. The summed E-state index contributed by atoms with van der Waals surface area (Å²) in [5.74, 6) is 0.309. The number of aromatic nitrogens is 2. The van der Waals surface area contributed by atoms with Gasteiger partial charge in [0.2, 0.25) is 7.44 Å². The molecule has 0 saturated heterocycles. The number of fused-ring (bicyclic) bond motifs is 3. The number of esters is 1. The average Bonchev–Trinajstić information content (AvgIpc) is 3.25. The van der Waals surface area contributed by atoms with Gasteiger partial charge in [-0.2, -0.15) is 0 Å². The van der Waals surface area contributed by atoms with Crippen molar-refractivity contribution in [3.8, 4) is 5.75 Å². The minimum Gasteiger partial charge on any atom is -0.497 e. The van der Waals surface area contributed by atoms with Gasteiger partial charge in [-0.15, -0.1) is 0 Å². The maximum Gasteiger partial charge on any atom is 0.509 e. The lowest BCUT2D eigenvalue weighted by atomic mass is 10.2. The molecule has 4 aromatic rings. The summed E-state index contributed by atoms with van der Waals surface area (Å²) in [6, 6.07) is 17.0. The highest BCUT2D eigenvalue weighted by atomic mass is 31.2. The zero-order chi connectivity index (χ0) is 29.6. The maximum atomic E-state index is 14.2. The van der Waals surface area contributed by atoms with Gasteiger partial charge < -0.3 is 23.5 Å². The number of carbonyl (C=O) groups is 2. The van der Waals surface area contributed by atoms with Crippen LogP contribution in [-0.4, -0.2) is 47.8 Å². The van der Waals surface area contributed by atoms with Gasteiger partial charge in [-0.25, -0.2) is 15.0 Å². The van der Waals surface area contributed by atoms with Gasteiger partial charge in [0.15, 0.2) is 12.5 Å². The number of rotatable bonds is 12. The Kier molecular flexibility index (Phi) is 9.65. The third-order valence-electron chi connectivity index (χ3n) is 6.33. The molecule has 0 bridgehead atoms. The summed E-state index contributed by atoms with van der Waals surface area (Å²) in [7, 11) is -2.01. The number of hydrogen-bond acceptors (Lipinski definition) is 8. The molecule has 2 aromatic heterocycles. The number of nitrogens with one attached hydrogen (secondary N) is 2. The molecule has 4 rings (SSSR count). The van der Waals surface area contributed by atoms with E-state index in [0.29, 0.717) is 11.8 Å². The van der Waals surface area contributed by atoms with Gasteiger partial charge in [0.25, 0.3) is 0 Å². The lowest BCUT2D eigenvalue weighted by Crippen LogP contribution is -2.41. The molecule has 0 fully saturated rings. The van der Waals surface area contributed by atoms with Crippen LogP contribution in [0.2, 0.25) is 0 Å². The Bertz CT molecular complexity index is 1570. The Labute approximate surface area is 238 Å². The van der Waals surface area contributed by atoms with Gasteiger partial charge in [0.1, 0.15) is 5.75 Å². The standard InChI is InChI=1S/C29H35N4O7P/c1-6-27(34)39-19(3)31-41(36,32-20(4)40-29(35)38-7-2)23-13-10-21(11-14-23)18-33-25-15-12-22(37-5)17-24(25)28-26(33)9-8-16-30-28/h8-17,19-20H,6-7,18H2,1-5H3,(H2,31,32,36)/t19-,20-,41?/m0/s1. The molecule has 0 spiro atoms. The molecular formula is C29H35N4O7P. The first kappa shape index (κ1) is 30.0. The van der Waals surface area contributed by atoms with Crippen LogP contribution in [0.3, 0.4) is 0 Å². The molecule has 11 nitrogen and oxygen atoms in total. The maximum absolute atomic E-state index is 14.2. The Morgan fingerprint density at radius 1 is 0.976 bits per heavy atom. The van der Waals surface area contributed by atoms with Crippen molar-refractivity contribution in [2.75, 3.05) is 13.7 Å². The van der Waals surface area contributed by atoms with E-state index in [1.807, 2.05) is 42.5 Å². The van der Waals surface area contributed by atoms with Crippen LogP contribution in [0.15, 0.2) is 60.8 Å². The fourth-order valence-corrected chi connectivity index (χ4v) is 6.58. The van der Waals surface area contributed by atoms with E-state index >= 15 is 0 Å². The summed E-state index contributed by atoms with van der Waals surface area (Å²) in [4.78, 5) is 28.2. The smallest absolute Gasteiger partial charge is 0.497 e. The molecule has 12 heteroatoms. The molecule has 3 atom stereocenters. The first-order valence-corrected chi connectivity index (χ1v) is 15.1. The molecule has 218 valence electrons. The number of carbonyl (C=O) groups excluding carboxylic acids is 2. The summed E-state index contributed by atoms with van der Waals surface area (Å²) >= 11 is 0. The summed E-state index contributed by atoms with van der Waals surface area (Å²) in [6.45, 7) is 7.12. The van der Waals surface area contributed by atoms with Crippen molar-refractivity contribution in [1.82, 2.24) is 19.7 Å². The predicted molar refractivity (Wildman–Crippen MR) is 156 cm³/mol. The van der Waals surface area contributed by atoms with Gasteiger partial charge in [-0.1, -0.05) is 19.1 Å². The first-order valence-electron chi connectivity index (χ1n) is 13.4. The minimum absolute atomic E-state index is 0.141. The normalized spacial score (nSPS) is 14.3. The van der Waals surface area contributed by atoms with Crippen molar-refractivity contribution in [2.45, 2.75) is 53.1 Å². The zero-order valence-electron chi connectivity index (χ0n) is 23.7. The van der Waals surface area contributed by atoms with Crippen molar-refractivity contribution < 1.29 is 33.1 Å². The fourth-order valence-electron chi connectivity index (χ4n) is 4.51. The SMILES string of the molecule is CCOC(=O)O[C@@H](C)NP(=O)(N[C@H](C)OC(=O)CC)c1ccc(Cn2c3ccc(OC)cc3c3ncccc32)cc1. The highest BCUT2D eigenvalue weighted by Gasteiger charge is 2.31. The van der Waals surface area contributed by atoms with Crippen molar-refractivity contribution in [3.63, 3.8) is 0 Å². The number of hydrogen-bond donors (Lipinski definition) is 2. The van der Waals surface area contributed by atoms with Gasteiger partial charge in [0.05, 0.1) is 30.3 Å². The second-order valence-corrected chi connectivity index (χ2v) is 11.6. The van der Waals surface area contributed by atoms with Crippen LogP contribution in [0.5, 0.6) is 5.75 Å². The third kappa shape index (κ3) is 7.05. The average molecular weight is 583 g/mol. The molecule has 0 aliphatic heterocycles. The molecule has 0 aliphatic carbocycles. The predicted octanol–water partition coefficient (Wildman–Crippen LogP) is 5.06. The number of methoxy groups -OCH3 is 1. The molecule has 1 unspecified atom stereocenters. The molecule has 0 amide bonds. The molecule has 0 aliphatic rings. The summed E-state index contributed by atoms with van der Waals surface area (Å²) in [5, 5.41) is 7.13. The number of ether oxygens (including phenoxy) is 4. The first-order chi connectivity index (χ1) is 19.7. The highest BCUT2D eigenvalue weighted by Crippen LogP contribution is 2.37. The van der Waals surface area contributed by atoms with Crippen molar-refractivity contribution >= 4 is 46.8 Å². The minimum atomic E-state index is -3.64. The fraction of sp³-hybridized carbons (Fsp3) is 0.345. The largest absolute Gasteiger partial charge is 0.509 e. The third-order valence-corrected chi connectivity index (χ3v) is 8.81. The highest BCUT2D eigenvalue weighted by molar-refractivity contribution is 7.67. The van der Waals surface area contributed by atoms with E-state index in [0.717, 1.165) is 33.2 Å². The Morgan fingerprint density at radius 2 is 1.68 bits per heavy atom. The number of benzene rings is 2.